The fourth-order valence-electron chi connectivity index (χ4n) is 2.54. The van der Waals surface area contributed by atoms with E-state index in [4.69, 9.17) is 5.73 Å². The van der Waals surface area contributed by atoms with Gasteiger partial charge >= 0.3 is 0 Å². The summed E-state index contributed by atoms with van der Waals surface area (Å²) in [6.07, 6.45) is 5.25. The second-order valence-corrected chi connectivity index (χ2v) is 4.80. The summed E-state index contributed by atoms with van der Waals surface area (Å²) in [7, 11) is 0. The highest BCUT2D eigenvalue weighted by molar-refractivity contribution is 5.78. The molecule has 1 rings (SSSR count). The van der Waals surface area contributed by atoms with Gasteiger partial charge < -0.3 is 11.1 Å². The number of aliphatic imine (C=N–C) groups is 1. The molecular formula is C12H25N3. The second kappa shape index (κ2) is 5.99. The molecule has 0 heterocycles. The van der Waals surface area contributed by atoms with Gasteiger partial charge in [-0.05, 0) is 31.6 Å². The summed E-state index contributed by atoms with van der Waals surface area (Å²) < 4.78 is 0. The molecule has 2 unspecified atom stereocenters. The van der Waals surface area contributed by atoms with Crippen molar-refractivity contribution in [1.29, 1.82) is 0 Å². The second-order valence-electron chi connectivity index (χ2n) is 4.80. The first-order valence-electron chi connectivity index (χ1n) is 6.21. The Morgan fingerprint density at radius 2 is 2.07 bits per heavy atom. The Kier molecular flexibility index (Phi) is 4.92. The normalized spacial score (nSPS) is 28.1. The van der Waals surface area contributed by atoms with E-state index in [-0.39, 0.29) is 0 Å². The van der Waals surface area contributed by atoms with Crippen molar-refractivity contribution in [3.63, 3.8) is 0 Å². The minimum Gasteiger partial charge on any atom is -0.370 e. The quantitative estimate of drug-likeness (QED) is 0.555. The molecule has 3 heteroatoms. The van der Waals surface area contributed by atoms with E-state index in [0.29, 0.717) is 12.0 Å². The zero-order valence-corrected chi connectivity index (χ0v) is 10.3. The highest BCUT2D eigenvalue weighted by Gasteiger charge is 2.27. The van der Waals surface area contributed by atoms with Crippen molar-refractivity contribution < 1.29 is 0 Å². The number of nitrogens with zero attached hydrogens (tertiary/aromatic N) is 1. The molecule has 0 saturated heterocycles. The first-order chi connectivity index (χ1) is 7.15. The molecule has 88 valence electrons. The molecule has 1 fully saturated rings. The minimum absolute atomic E-state index is 0.536. The molecular weight excluding hydrogens is 186 g/mol. The van der Waals surface area contributed by atoms with Crippen LogP contribution in [0.25, 0.3) is 0 Å². The monoisotopic (exact) mass is 211 g/mol. The van der Waals surface area contributed by atoms with E-state index in [1.54, 1.807) is 0 Å². The van der Waals surface area contributed by atoms with E-state index in [0.717, 1.165) is 18.4 Å². The number of hydrogen-bond donors (Lipinski definition) is 2. The molecule has 0 amide bonds. The molecule has 1 aliphatic carbocycles. The van der Waals surface area contributed by atoms with Crippen LogP contribution in [0.1, 0.15) is 46.5 Å². The summed E-state index contributed by atoms with van der Waals surface area (Å²) in [4.78, 5) is 4.20. The largest absolute Gasteiger partial charge is 0.370 e. The van der Waals surface area contributed by atoms with E-state index in [2.05, 4.69) is 24.2 Å². The smallest absolute Gasteiger partial charge is 0.188 e. The van der Waals surface area contributed by atoms with Crippen LogP contribution in [0.2, 0.25) is 0 Å². The van der Waals surface area contributed by atoms with Crippen molar-refractivity contribution in [3.05, 3.63) is 0 Å². The van der Waals surface area contributed by atoms with Gasteiger partial charge in [0.05, 0.1) is 0 Å². The van der Waals surface area contributed by atoms with Crippen LogP contribution in [-0.2, 0) is 0 Å². The number of rotatable bonds is 3. The van der Waals surface area contributed by atoms with Gasteiger partial charge in [0.15, 0.2) is 5.96 Å². The first-order valence-corrected chi connectivity index (χ1v) is 6.21. The van der Waals surface area contributed by atoms with Gasteiger partial charge in [-0.3, -0.25) is 4.99 Å². The van der Waals surface area contributed by atoms with Crippen LogP contribution in [0, 0.1) is 11.8 Å². The summed E-state index contributed by atoms with van der Waals surface area (Å²) in [6, 6.07) is 0.536. The molecule has 3 nitrogen and oxygen atoms in total. The standard InChI is InChI=1S/C12H25N3/c1-4-14-12(13)15-11-8-6-5-7-10(11)9(2)3/h9-11H,4-8H2,1-3H3,(H3,13,14,15). The highest BCUT2D eigenvalue weighted by atomic mass is 15.1. The van der Waals surface area contributed by atoms with Gasteiger partial charge in [-0.15, -0.1) is 0 Å². The fraction of sp³-hybridized carbons (Fsp3) is 0.917. The Bertz CT molecular complexity index is 211. The van der Waals surface area contributed by atoms with Gasteiger partial charge in [-0.25, -0.2) is 0 Å². The maximum atomic E-state index is 5.82. The molecule has 0 aromatic rings. The van der Waals surface area contributed by atoms with Crippen LogP contribution in [0.3, 0.4) is 0 Å². The van der Waals surface area contributed by atoms with Gasteiger partial charge in [-0.2, -0.15) is 0 Å². The lowest BCUT2D eigenvalue weighted by molar-refractivity contribution is 0.224. The number of guanidine groups is 1. The third-order valence-electron chi connectivity index (χ3n) is 3.34. The SMILES string of the molecule is CCN=C(N)NC1CCCCC1C(C)C. The van der Waals surface area contributed by atoms with Crippen molar-refractivity contribution in [1.82, 2.24) is 5.32 Å². The lowest BCUT2D eigenvalue weighted by Crippen LogP contribution is -2.47. The molecule has 0 radical (unpaired) electrons. The topological polar surface area (TPSA) is 50.4 Å². The number of hydrogen-bond acceptors (Lipinski definition) is 1. The molecule has 1 aliphatic rings. The van der Waals surface area contributed by atoms with Crippen molar-refractivity contribution in [3.8, 4) is 0 Å². The molecule has 1 saturated carbocycles. The Hall–Kier alpha value is -0.730. The third-order valence-corrected chi connectivity index (χ3v) is 3.34. The molecule has 3 N–H and O–H groups in total. The van der Waals surface area contributed by atoms with Crippen LogP contribution >= 0.6 is 0 Å². The zero-order valence-electron chi connectivity index (χ0n) is 10.3. The number of nitrogens with one attached hydrogen (secondary N) is 1. The molecule has 0 bridgehead atoms. The van der Waals surface area contributed by atoms with E-state index in [1.165, 1.54) is 25.7 Å². The first kappa shape index (κ1) is 12.3. The third kappa shape index (κ3) is 3.73. The van der Waals surface area contributed by atoms with Crippen molar-refractivity contribution in [2.45, 2.75) is 52.5 Å². The van der Waals surface area contributed by atoms with Gasteiger partial charge in [0.25, 0.3) is 0 Å². The fourth-order valence-corrected chi connectivity index (χ4v) is 2.54. The van der Waals surface area contributed by atoms with Crippen LogP contribution in [0.15, 0.2) is 4.99 Å². The predicted octanol–water partition coefficient (Wildman–Crippen LogP) is 2.13. The summed E-state index contributed by atoms with van der Waals surface area (Å²) in [5.41, 5.74) is 5.82. The highest BCUT2D eigenvalue weighted by Crippen LogP contribution is 2.29. The molecule has 0 aliphatic heterocycles. The Morgan fingerprint density at radius 3 is 2.67 bits per heavy atom. The predicted molar refractivity (Wildman–Crippen MR) is 65.9 cm³/mol. The van der Waals surface area contributed by atoms with Gasteiger partial charge in [0, 0.05) is 12.6 Å². The lowest BCUT2D eigenvalue weighted by atomic mass is 9.78. The average Bonchev–Trinajstić information content (AvgIpc) is 2.18. The van der Waals surface area contributed by atoms with Crippen LogP contribution < -0.4 is 11.1 Å². The van der Waals surface area contributed by atoms with Gasteiger partial charge in [0.1, 0.15) is 0 Å². The van der Waals surface area contributed by atoms with Crippen LogP contribution in [0.5, 0.6) is 0 Å². The molecule has 0 aromatic carbocycles. The average molecular weight is 211 g/mol. The molecule has 0 spiro atoms. The van der Waals surface area contributed by atoms with Gasteiger partial charge in [0.2, 0.25) is 0 Å². The van der Waals surface area contributed by atoms with E-state index < -0.39 is 0 Å². The van der Waals surface area contributed by atoms with Gasteiger partial charge in [-0.1, -0.05) is 26.7 Å². The molecule has 2 atom stereocenters. The van der Waals surface area contributed by atoms with E-state index >= 15 is 0 Å². The number of nitrogens with two attached hydrogens (primary N) is 1. The summed E-state index contributed by atoms with van der Waals surface area (Å²) in [5, 5.41) is 3.38. The van der Waals surface area contributed by atoms with E-state index in [1.807, 2.05) is 6.92 Å². The van der Waals surface area contributed by atoms with Crippen LogP contribution in [0.4, 0.5) is 0 Å². The maximum Gasteiger partial charge on any atom is 0.188 e. The summed E-state index contributed by atoms with van der Waals surface area (Å²) >= 11 is 0. The minimum atomic E-state index is 0.536. The Labute approximate surface area is 93.5 Å². The lowest BCUT2D eigenvalue weighted by Gasteiger charge is -2.35. The zero-order chi connectivity index (χ0) is 11.3. The van der Waals surface area contributed by atoms with Crippen molar-refractivity contribution >= 4 is 5.96 Å². The van der Waals surface area contributed by atoms with Crippen LogP contribution in [-0.4, -0.2) is 18.5 Å². The Morgan fingerprint density at radius 1 is 1.40 bits per heavy atom. The Balaban J connectivity index is 2.53. The summed E-state index contributed by atoms with van der Waals surface area (Å²) in [5.74, 6) is 2.11. The maximum absolute atomic E-state index is 5.82. The molecule has 0 aromatic heterocycles. The molecule has 15 heavy (non-hydrogen) atoms. The summed E-state index contributed by atoms with van der Waals surface area (Å²) in [6.45, 7) is 7.38. The van der Waals surface area contributed by atoms with E-state index in [9.17, 15) is 0 Å². The van der Waals surface area contributed by atoms with Crippen molar-refractivity contribution in [2.75, 3.05) is 6.54 Å². The van der Waals surface area contributed by atoms with Crippen molar-refractivity contribution in [2.24, 2.45) is 22.6 Å².